The molecular weight excluding hydrogens is 467 g/mol. The van der Waals surface area contributed by atoms with Gasteiger partial charge in [0.15, 0.2) is 17.4 Å². The highest BCUT2D eigenvalue weighted by molar-refractivity contribution is 7.48. The lowest BCUT2D eigenvalue weighted by molar-refractivity contribution is -0.0762. The van der Waals surface area contributed by atoms with Crippen LogP contribution in [0.5, 0.6) is 5.88 Å². The predicted molar refractivity (Wildman–Crippen MR) is 119 cm³/mol. The average molecular weight is 494 g/mol. The molecule has 0 spiro atoms. The summed E-state index contributed by atoms with van der Waals surface area (Å²) in [6.07, 6.45) is 3.53. The molecule has 34 heavy (non-hydrogen) atoms. The number of phosphoric ester groups is 1. The van der Waals surface area contributed by atoms with Crippen LogP contribution < -0.4 is 10.5 Å². The Morgan fingerprint density at radius 2 is 2.18 bits per heavy atom. The fraction of sp³-hybridized carbons (Fsp3) is 0.737. The van der Waals surface area contributed by atoms with Gasteiger partial charge in [0.25, 0.3) is 0 Å². The van der Waals surface area contributed by atoms with Crippen molar-refractivity contribution in [2.45, 2.75) is 76.0 Å². The van der Waals surface area contributed by atoms with Gasteiger partial charge in [0.05, 0.1) is 25.6 Å². The van der Waals surface area contributed by atoms with Crippen LogP contribution in [0.1, 0.15) is 52.2 Å². The molecule has 2 aromatic heterocycles. The van der Waals surface area contributed by atoms with Crippen molar-refractivity contribution in [3.05, 3.63) is 16.8 Å². The molecule has 5 rings (SSSR count). The lowest BCUT2D eigenvalue weighted by Crippen LogP contribution is -2.46. The van der Waals surface area contributed by atoms with E-state index in [4.69, 9.17) is 28.8 Å². The van der Waals surface area contributed by atoms with Crippen molar-refractivity contribution < 1.29 is 27.6 Å². The number of phosphoric acid groups is 1. The number of nitrogens with two attached hydrogens (primary N) is 1. The summed E-state index contributed by atoms with van der Waals surface area (Å²) in [5.74, 6) is 0.221. The van der Waals surface area contributed by atoms with E-state index < -0.39 is 31.8 Å². The van der Waals surface area contributed by atoms with Gasteiger partial charge in [0.1, 0.15) is 17.7 Å². The van der Waals surface area contributed by atoms with E-state index in [1.165, 1.54) is 6.33 Å². The first-order valence-corrected chi connectivity index (χ1v) is 12.8. The van der Waals surface area contributed by atoms with Gasteiger partial charge in [0, 0.05) is 4.91 Å². The quantitative estimate of drug-likeness (QED) is 0.269. The molecule has 2 N–H and O–H groups in total. The van der Waals surface area contributed by atoms with Gasteiger partial charge in [0.2, 0.25) is 11.8 Å². The summed E-state index contributed by atoms with van der Waals surface area (Å²) in [4.78, 5) is 15.8. The molecule has 184 valence electrons. The van der Waals surface area contributed by atoms with Crippen LogP contribution in [0.25, 0.3) is 21.6 Å². The van der Waals surface area contributed by atoms with Crippen molar-refractivity contribution in [3.8, 4) is 5.88 Å². The van der Waals surface area contributed by atoms with E-state index in [1.807, 2.05) is 6.92 Å². The molecule has 15 heteroatoms. The zero-order chi connectivity index (χ0) is 23.9. The summed E-state index contributed by atoms with van der Waals surface area (Å²) in [6, 6.07) is 0. The van der Waals surface area contributed by atoms with Crippen LogP contribution in [0.3, 0.4) is 0 Å². The second-order valence-electron chi connectivity index (χ2n) is 8.72. The largest absolute Gasteiger partial charge is 0.476 e. The molecule has 2 saturated heterocycles. The van der Waals surface area contributed by atoms with E-state index in [9.17, 15) is 10.1 Å². The van der Waals surface area contributed by atoms with Gasteiger partial charge in [-0.05, 0) is 32.2 Å². The van der Waals surface area contributed by atoms with Crippen molar-refractivity contribution in [2.75, 3.05) is 18.9 Å². The lowest BCUT2D eigenvalue weighted by atomic mass is 9.93. The van der Waals surface area contributed by atoms with Crippen molar-refractivity contribution in [3.63, 3.8) is 0 Å². The standard InChI is InChI=1S/C19H27N8O6P/c1-3-29-16-13-15(23-18(20)24-16)27(10-22-13)17-19(2,25-26-21)14-12(31-17)9-30-34(28,33-14)32-11-7-5-4-6-8-11/h10-12,14,17H,3-9H2,1-2H3,(H2,20,23,24)/t12-,14-,17-,19-,34?/m1/s1. The number of nitrogen functional groups attached to an aromatic ring is 1. The van der Waals surface area contributed by atoms with Crippen LogP contribution >= 0.6 is 7.82 Å². The number of hydrogen-bond donors (Lipinski definition) is 1. The number of aromatic nitrogens is 4. The van der Waals surface area contributed by atoms with Gasteiger partial charge in [-0.25, -0.2) is 9.55 Å². The average Bonchev–Trinajstić information content (AvgIpc) is 3.33. The Balaban J connectivity index is 1.49. The first-order valence-electron chi connectivity index (χ1n) is 11.3. The smallest absolute Gasteiger partial charge is 0.475 e. The number of nitrogens with zero attached hydrogens (tertiary/aromatic N) is 7. The van der Waals surface area contributed by atoms with Gasteiger partial charge in [-0.2, -0.15) is 9.97 Å². The highest BCUT2D eigenvalue weighted by atomic mass is 31.2. The maximum atomic E-state index is 13.4. The van der Waals surface area contributed by atoms with E-state index >= 15 is 0 Å². The zero-order valence-corrected chi connectivity index (χ0v) is 19.8. The Morgan fingerprint density at radius 3 is 2.91 bits per heavy atom. The fourth-order valence-corrected chi connectivity index (χ4v) is 6.51. The van der Waals surface area contributed by atoms with Crippen LogP contribution in [-0.2, 0) is 22.9 Å². The summed E-state index contributed by atoms with van der Waals surface area (Å²) < 4.78 is 43.9. The van der Waals surface area contributed by atoms with Crippen LogP contribution in [0.2, 0.25) is 0 Å². The third-order valence-electron chi connectivity index (χ3n) is 6.39. The number of anilines is 1. The second-order valence-corrected chi connectivity index (χ2v) is 10.3. The van der Waals surface area contributed by atoms with Gasteiger partial charge in [-0.3, -0.25) is 18.1 Å². The molecule has 1 saturated carbocycles. The molecule has 1 aliphatic carbocycles. The summed E-state index contributed by atoms with van der Waals surface area (Å²) in [5.41, 5.74) is 14.7. The zero-order valence-electron chi connectivity index (χ0n) is 18.9. The highest BCUT2D eigenvalue weighted by Crippen LogP contribution is 2.61. The van der Waals surface area contributed by atoms with Gasteiger partial charge in [-0.15, -0.1) is 0 Å². The number of imidazole rings is 1. The van der Waals surface area contributed by atoms with E-state index in [2.05, 4.69) is 25.0 Å². The van der Waals surface area contributed by atoms with Crippen molar-refractivity contribution in [2.24, 2.45) is 5.11 Å². The lowest BCUT2D eigenvalue weighted by Gasteiger charge is -2.37. The molecule has 3 fully saturated rings. The summed E-state index contributed by atoms with van der Waals surface area (Å²) in [6.45, 7) is 3.80. The number of ether oxygens (including phenoxy) is 2. The van der Waals surface area contributed by atoms with Crippen LogP contribution in [0, 0.1) is 0 Å². The Bertz CT molecular complexity index is 1170. The molecule has 2 aromatic rings. The molecule has 0 bridgehead atoms. The third-order valence-corrected chi connectivity index (χ3v) is 7.89. The van der Waals surface area contributed by atoms with Gasteiger partial charge < -0.3 is 15.2 Å². The fourth-order valence-electron chi connectivity index (χ4n) is 4.80. The van der Waals surface area contributed by atoms with E-state index in [0.29, 0.717) is 17.8 Å². The molecular formula is C19H27N8O6P. The van der Waals surface area contributed by atoms with Gasteiger partial charge in [-0.1, -0.05) is 24.4 Å². The predicted octanol–water partition coefficient (Wildman–Crippen LogP) is 3.65. The monoisotopic (exact) mass is 494 g/mol. The molecule has 1 unspecified atom stereocenters. The van der Waals surface area contributed by atoms with Crippen molar-refractivity contribution in [1.82, 2.24) is 19.5 Å². The number of azide groups is 1. The minimum absolute atomic E-state index is 0.0106. The maximum Gasteiger partial charge on any atom is 0.475 e. The second kappa shape index (κ2) is 8.95. The summed E-state index contributed by atoms with van der Waals surface area (Å²) in [5, 5.41) is 4.02. The Hall–Kier alpha value is -2.47. The van der Waals surface area contributed by atoms with Crippen LogP contribution in [0.15, 0.2) is 11.4 Å². The number of rotatable bonds is 6. The van der Waals surface area contributed by atoms with Gasteiger partial charge >= 0.3 is 7.82 Å². The molecule has 14 nitrogen and oxygen atoms in total. The minimum Gasteiger partial charge on any atom is -0.476 e. The van der Waals surface area contributed by atoms with Crippen molar-refractivity contribution in [1.29, 1.82) is 0 Å². The Morgan fingerprint density at radius 1 is 1.38 bits per heavy atom. The summed E-state index contributed by atoms with van der Waals surface area (Å²) in [7, 11) is -3.89. The topological polar surface area (TPSA) is 182 Å². The van der Waals surface area contributed by atoms with Crippen molar-refractivity contribution >= 4 is 24.9 Å². The number of hydrogen-bond acceptors (Lipinski definition) is 11. The highest BCUT2D eigenvalue weighted by Gasteiger charge is 2.61. The Kier molecular flexibility index (Phi) is 6.13. The van der Waals surface area contributed by atoms with Crippen LogP contribution in [0.4, 0.5) is 5.95 Å². The van der Waals surface area contributed by atoms with Crippen LogP contribution in [-0.4, -0.2) is 56.6 Å². The first kappa shape index (κ1) is 23.3. The molecule has 3 aliphatic rings. The molecule has 5 atom stereocenters. The maximum absolute atomic E-state index is 13.4. The third kappa shape index (κ3) is 4.00. The van der Waals surface area contributed by atoms with E-state index in [1.54, 1.807) is 11.5 Å². The summed E-state index contributed by atoms with van der Waals surface area (Å²) >= 11 is 0. The normalized spacial score (nSPS) is 34.0. The van der Waals surface area contributed by atoms with E-state index in [0.717, 1.165) is 32.1 Å². The molecule has 0 amide bonds. The minimum atomic E-state index is -3.89. The SMILES string of the molecule is CCOc1nc(N)nc2c1ncn2[C@@H]1O[C@@H]2COP(=O)(OC3CCCCC3)O[C@H]2[C@@]1(C)N=[N+]=[N-]. The Labute approximate surface area is 195 Å². The first-order chi connectivity index (χ1) is 16.4. The molecule has 0 aromatic carbocycles. The molecule has 4 heterocycles. The number of fused-ring (bicyclic) bond motifs is 2. The molecule has 0 radical (unpaired) electrons. The molecule has 2 aliphatic heterocycles. The van der Waals surface area contributed by atoms with E-state index in [-0.39, 0.29) is 24.5 Å².